The number of fused-ring (bicyclic) bond motifs is 5. The molecule has 2 N–H and O–H groups in total. The van der Waals surface area contributed by atoms with Crippen LogP contribution >= 0.6 is 11.6 Å². The fraction of sp³-hybridized carbons (Fsp3) is 0.562. The maximum absolute atomic E-state index is 13.4. The van der Waals surface area contributed by atoms with Gasteiger partial charge in [-0.05, 0) is 116 Å². The first kappa shape index (κ1) is 26.7. The van der Waals surface area contributed by atoms with E-state index in [9.17, 15) is 14.1 Å². The number of aliphatic hydroxyl groups excluding tert-OH is 1. The summed E-state index contributed by atoms with van der Waals surface area (Å²) in [6, 6.07) is 11.8. The van der Waals surface area contributed by atoms with E-state index in [0.717, 1.165) is 87.3 Å². The molecule has 1 amide bonds. The lowest BCUT2D eigenvalue weighted by Gasteiger charge is -2.45. The topological polar surface area (TPSA) is 78.9 Å². The molecule has 0 aromatic heterocycles. The van der Waals surface area contributed by atoms with Crippen LogP contribution in [0, 0.1) is 17.8 Å². The number of halogens is 1. The van der Waals surface area contributed by atoms with Crippen molar-refractivity contribution >= 4 is 38.8 Å². The highest BCUT2D eigenvalue weighted by Crippen LogP contribution is 2.47. The van der Waals surface area contributed by atoms with Gasteiger partial charge < -0.3 is 14.7 Å². The van der Waals surface area contributed by atoms with Gasteiger partial charge in [0.25, 0.3) is 5.91 Å². The van der Waals surface area contributed by atoms with E-state index in [1.165, 1.54) is 11.1 Å². The van der Waals surface area contributed by atoms with Crippen LogP contribution in [0.4, 0.5) is 5.69 Å². The Kier molecular flexibility index (Phi) is 6.64. The molecule has 2 aromatic rings. The van der Waals surface area contributed by atoms with Crippen molar-refractivity contribution in [3.05, 3.63) is 58.1 Å². The van der Waals surface area contributed by atoms with Gasteiger partial charge in [-0.3, -0.25) is 9.52 Å². The predicted octanol–water partition coefficient (Wildman–Crippen LogP) is 5.13. The van der Waals surface area contributed by atoms with Gasteiger partial charge in [-0.15, -0.1) is 0 Å². The van der Waals surface area contributed by atoms with Crippen molar-refractivity contribution in [2.45, 2.75) is 74.6 Å². The Morgan fingerprint density at radius 3 is 2.80 bits per heavy atom. The van der Waals surface area contributed by atoms with Crippen LogP contribution in [0.2, 0.25) is 5.02 Å². The molecule has 7 rings (SSSR count). The van der Waals surface area contributed by atoms with Gasteiger partial charge in [0, 0.05) is 34.3 Å². The molecule has 0 radical (unpaired) electrons. The molecule has 2 fully saturated rings. The van der Waals surface area contributed by atoms with Gasteiger partial charge >= 0.3 is 0 Å². The second-order valence-electron chi connectivity index (χ2n) is 13.0. The van der Waals surface area contributed by atoms with E-state index in [1.807, 2.05) is 18.2 Å². The SMILES string of the molecule is C=S1(=O)NC(=O)c2ccc3c(c2)N(C[C@@H]2CC[C@H]2[C@@H](O)CCC[C@@H]2C[C@H]21)C[C@@]1(CCCc2cc(Cl)ccc21)CO3. The molecular formula is C32H39ClN2O4S. The largest absolute Gasteiger partial charge is 0.490 e. The van der Waals surface area contributed by atoms with Crippen molar-refractivity contribution in [2.24, 2.45) is 17.8 Å². The molecule has 8 heteroatoms. The predicted molar refractivity (Wildman–Crippen MR) is 161 cm³/mol. The fourth-order valence-corrected chi connectivity index (χ4v) is 10.0. The number of carbonyl (C=O) groups excluding carboxylic acids is 1. The molecule has 5 aliphatic rings. The number of aryl methyl sites for hydroxylation is 1. The smallest absolute Gasteiger partial charge is 0.262 e. The minimum absolute atomic E-state index is 0.0849. The molecule has 1 spiro atoms. The molecule has 0 saturated heterocycles. The summed E-state index contributed by atoms with van der Waals surface area (Å²) in [7, 11) is -2.75. The highest BCUT2D eigenvalue weighted by atomic mass is 35.5. The summed E-state index contributed by atoms with van der Waals surface area (Å²) in [5, 5.41) is 11.9. The molecular weight excluding hydrogens is 544 g/mol. The zero-order chi connectivity index (χ0) is 27.6. The number of nitrogens with zero attached hydrogens (tertiary/aromatic N) is 1. The van der Waals surface area contributed by atoms with Crippen LogP contribution in [0.5, 0.6) is 5.75 Å². The van der Waals surface area contributed by atoms with E-state index in [4.69, 9.17) is 16.3 Å². The first-order chi connectivity index (χ1) is 19.2. The summed E-state index contributed by atoms with van der Waals surface area (Å²) in [5.74, 6) is 5.37. The fourth-order valence-electron chi connectivity index (χ4n) is 7.95. The molecule has 2 heterocycles. The van der Waals surface area contributed by atoms with E-state index < -0.39 is 9.71 Å². The number of nitrogens with one attached hydrogen (secondary N) is 1. The lowest BCUT2D eigenvalue weighted by atomic mass is 9.68. The third-order valence-corrected chi connectivity index (χ3v) is 12.7. The highest BCUT2D eigenvalue weighted by Gasteiger charge is 2.46. The van der Waals surface area contributed by atoms with Gasteiger partial charge in [-0.1, -0.05) is 24.1 Å². The number of hydrogen-bond donors (Lipinski definition) is 2. The minimum Gasteiger partial charge on any atom is -0.490 e. The first-order valence-electron chi connectivity index (χ1n) is 14.9. The van der Waals surface area contributed by atoms with Crippen LogP contribution < -0.4 is 14.4 Å². The summed E-state index contributed by atoms with van der Waals surface area (Å²) in [6.07, 6.45) is 8.38. The molecule has 1 unspecified atom stereocenters. The van der Waals surface area contributed by atoms with Gasteiger partial charge in [-0.2, -0.15) is 0 Å². The van der Waals surface area contributed by atoms with Crippen LogP contribution in [0.15, 0.2) is 36.4 Å². The summed E-state index contributed by atoms with van der Waals surface area (Å²) in [5.41, 5.74) is 3.79. The number of benzene rings is 2. The summed E-state index contributed by atoms with van der Waals surface area (Å²) >= 11 is 6.40. The van der Waals surface area contributed by atoms with Crippen molar-refractivity contribution in [3.63, 3.8) is 0 Å². The van der Waals surface area contributed by atoms with Crippen LogP contribution in [-0.4, -0.2) is 52.1 Å². The second kappa shape index (κ2) is 9.95. The van der Waals surface area contributed by atoms with Gasteiger partial charge in [0.2, 0.25) is 0 Å². The normalized spacial score (nSPS) is 37.1. The molecule has 3 aliphatic carbocycles. The summed E-state index contributed by atoms with van der Waals surface area (Å²) < 4.78 is 22.8. The Balaban J connectivity index is 1.28. The van der Waals surface area contributed by atoms with Crippen molar-refractivity contribution in [2.75, 3.05) is 24.6 Å². The molecule has 2 aromatic carbocycles. The monoisotopic (exact) mass is 582 g/mol. The number of anilines is 1. The Morgan fingerprint density at radius 1 is 1.10 bits per heavy atom. The highest BCUT2D eigenvalue weighted by molar-refractivity contribution is 7.99. The van der Waals surface area contributed by atoms with Crippen molar-refractivity contribution in [3.8, 4) is 5.75 Å². The zero-order valence-corrected chi connectivity index (χ0v) is 24.5. The Morgan fingerprint density at radius 2 is 1.98 bits per heavy atom. The molecule has 2 saturated carbocycles. The van der Waals surface area contributed by atoms with Crippen LogP contribution in [0.25, 0.3) is 0 Å². The van der Waals surface area contributed by atoms with Crippen molar-refractivity contribution in [1.82, 2.24) is 4.72 Å². The van der Waals surface area contributed by atoms with E-state index >= 15 is 0 Å². The van der Waals surface area contributed by atoms with Gasteiger partial charge in [-0.25, -0.2) is 4.21 Å². The molecule has 7 atom stereocenters. The molecule has 40 heavy (non-hydrogen) atoms. The quantitative estimate of drug-likeness (QED) is 0.421. The number of amides is 1. The molecule has 2 aliphatic heterocycles. The summed E-state index contributed by atoms with van der Waals surface area (Å²) in [4.78, 5) is 15.8. The second-order valence-corrected chi connectivity index (χ2v) is 15.7. The number of rotatable bonds is 0. The Labute approximate surface area is 242 Å². The third kappa shape index (κ3) is 4.72. The summed E-state index contributed by atoms with van der Waals surface area (Å²) in [6.45, 7) is 2.14. The van der Waals surface area contributed by atoms with E-state index in [1.54, 1.807) is 6.07 Å². The number of carbonyl (C=O) groups is 1. The number of hydrogen-bond acceptors (Lipinski definition) is 5. The average molecular weight is 583 g/mol. The first-order valence-corrected chi connectivity index (χ1v) is 17.1. The van der Waals surface area contributed by atoms with Gasteiger partial charge in [0.1, 0.15) is 5.75 Å². The van der Waals surface area contributed by atoms with Crippen LogP contribution in [-0.2, 0) is 21.5 Å². The lowest BCUT2D eigenvalue weighted by molar-refractivity contribution is 0.00891. The van der Waals surface area contributed by atoms with E-state index in [-0.39, 0.29) is 28.6 Å². The van der Waals surface area contributed by atoms with Crippen molar-refractivity contribution in [1.29, 1.82) is 0 Å². The Bertz CT molecular complexity index is 1440. The Hall–Kier alpha value is -2.22. The van der Waals surface area contributed by atoms with Crippen LogP contribution in [0.3, 0.4) is 0 Å². The maximum Gasteiger partial charge on any atom is 0.262 e. The van der Waals surface area contributed by atoms with Gasteiger partial charge in [0.05, 0.1) is 28.1 Å². The zero-order valence-electron chi connectivity index (χ0n) is 22.9. The molecule has 2 bridgehead atoms. The maximum atomic E-state index is 13.4. The van der Waals surface area contributed by atoms with Gasteiger partial charge in [0.15, 0.2) is 0 Å². The minimum atomic E-state index is -2.75. The molecule has 214 valence electrons. The van der Waals surface area contributed by atoms with Crippen molar-refractivity contribution < 1.29 is 18.8 Å². The lowest BCUT2D eigenvalue weighted by Crippen LogP contribution is -2.49. The van der Waals surface area contributed by atoms with Crippen LogP contribution in [0.1, 0.15) is 72.9 Å². The van der Waals surface area contributed by atoms with E-state index in [0.29, 0.717) is 24.0 Å². The number of ether oxygens (including phenoxy) is 1. The molecule has 6 nitrogen and oxygen atoms in total. The number of aliphatic hydroxyl groups is 1. The average Bonchev–Trinajstić information content (AvgIpc) is 3.70. The standard InChI is InChI=1S/C32H39ClN2O4S/c1-40(38)30-16-21(30)4-2-6-28(36)25-10-7-23(25)17-35-18-32(13-3-5-20-14-24(33)9-11-26(20)32)19-39-29-12-8-22(15-27(29)35)31(37)34-40/h8-9,11-12,14-15,21,23,25,28,30,36H,1-7,10,13,16-19H2,(H,34,37,38)/t21-,23+,25-,28+,30-,32+,40?/m1/s1. The van der Waals surface area contributed by atoms with E-state index in [2.05, 4.69) is 27.6 Å². The third-order valence-electron chi connectivity index (χ3n) is 10.4.